The average Bonchev–Trinajstić information content (AvgIpc) is 2.02. The molecule has 0 aliphatic carbocycles. The van der Waals surface area contributed by atoms with Gasteiger partial charge in [-0.15, -0.1) is 11.6 Å². The summed E-state index contributed by atoms with van der Waals surface area (Å²) in [6.07, 6.45) is -0.0677. The smallest absolute Gasteiger partial charge is 0.323 e. The van der Waals surface area contributed by atoms with E-state index in [1.54, 1.807) is 6.92 Å². The maximum absolute atomic E-state index is 10.9. The van der Waals surface area contributed by atoms with E-state index in [-0.39, 0.29) is 18.6 Å². The van der Waals surface area contributed by atoms with Gasteiger partial charge in [-0.1, -0.05) is 0 Å². The van der Waals surface area contributed by atoms with Crippen LogP contribution >= 0.6 is 11.6 Å². The van der Waals surface area contributed by atoms with Crippen LogP contribution in [0.2, 0.25) is 0 Å². The van der Waals surface area contributed by atoms with Gasteiger partial charge in [0, 0.05) is 6.92 Å². The molecular formula is C8H13ClO4. The first-order chi connectivity index (χ1) is 6.06. The van der Waals surface area contributed by atoms with Crippen LogP contribution in [0.1, 0.15) is 13.8 Å². The minimum absolute atomic E-state index is 0.0677. The highest BCUT2D eigenvalue weighted by Crippen LogP contribution is 2.20. The molecule has 0 aromatic rings. The average molecular weight is 209 g/mol. The molecule has 1 aliphatic rings. The van der Waals surface area contributed by atoms with E-state index in [4.69, 9.17) is 25.8 Å². The molecule has 4 nitrogen and oxygen atoms in total. The topological polar surface area (TPSA) is 44.8 Å². The summed E-state index contributed by atoms with van der Waals surface area (Å²) in [5, 5.41) is 0. The maximum Gasteiger partial charge on any atom is 0.323 e. The first-order valence-corrected chi connectivity index (χ1v) is 4.62. The molecule has 0 amide bonds. The van der Waals surface area contributed by atoms with Crippen LogP contribution in [0.4, 0.5) is 0 Å². The summed E-state index contributed by atoms with van der Waals surface area (Å²) in [4.78, 5) is 10.9. The Hall–Kier alpha value is -0.320. The van der Waals surface area contributed by atoms with Crippen molar-refractivity contribution < 1.29 is 19.0 Å². The summed E-state index contributed by atoms with van der Waals surface area (Å²) in [6, 6.07) is 0. The van der Waals surface area contributed by atoms with Crippen LogP contribution < -0.4 is 0 Å². The van der Waals surface area contributed by atoms with E-state index >= 15 is 0 Å². The molecule has 0 spiro atoms. The van der Waals surface area contributed by atoms with Crippen LogP contribution in [0, 0.1) is 0 Å². The minimum atomic E-state index is -0.982. The Labute approximate surface area is 82.1 Å². The van der Waals surface area contributed by atoms with Gasteiger partial charge in [0.1, 0.15) is 12.5 Å². The van der Waals surface area contributed by atoms with E-state index in [1.807, 2.05) is 6.92 Å². The van der Waals surface area contributed by atoms with Gasteiger partial charge in [-0.2, -0.15) is 0 Å². The van der Waals surface area contributed by atoms with Gasteiger partial charge in [0.2, 0.25) is 5.79 Å². The van der Waals surface area contributed by atoms with Crippen LogP contribution in [-0.2, 0) is 19.0 Å². The van der Waals surface area contributed by atoms with E-state index in [1.165, 1.54) is 0 Å². The van der Waals surface area contributed by atoms with Crippen LogP contribution in [0.3, 0.4) is 0 Å². The second kappa shape index (κ2) is 4.26. The quantitative estimate of drug-likeness (QED) is 0.500. The third-order valence-corrected chi connectivity index (χ3v) is 1.82. The minimum Gasteiger partial charge on any atom is -0.430 e. The predicted octanol–water partition coefficient (Wildman–Crippen LogP) is 0.920. The Bertz CT molecular complexity index is 197. The number of carbonyl (C=O) groups is 1. The van der Waals surface area contributed by atoms with E-state index in [9.17, 15) is 4.79 Å². The number of alkyl halides is 1. The Balaban J connectivity index is 2.49. The number of halogens is 1. The molecule has 0 aromatic heterocycles. The molecule has 0 N–H and O–H groups in total. The lowest BCUT2D eigenvalue weighted by Gasteiger charge is -2.36. The molecule has 1 rings (SSSR count). The van der Waals surface area contributed by atoms with Gasteiger partial charge in [0.05, 0.1) is 12.7 Å². The second-order valence-electron chi connectivity index (χ2n) is 3.19. The molecule has 13 heavy (non-hydrogen) atoms. The number of hydrogen-bond donors (Lipinski definition) is 0. The van der Waals surface area contributed by atoms with Crippen molar-refractivity contribution in [2.45, 2.75) is 25.7 Å². The van der Waals surface area contributed by atoms with Crippen molar-refractivity contribution in [1.82, 2.24) is 0 Å². The number of carbonyl (C=O) groups excluding carboxylic acids is 1. The Morgan fingerprint density at radius 3 is 3.00 bits per heavy atom. The van der Waals surface area contributed by atoms with Gasteiger partial charge in [0.15, 0.2) is 0 Å². The maximum atomic E-state index is 10.9. The Morgan fingerprint density at radius 1 is 1.77 bits per heavy atom. The van der Waals surface area contributed by atoms with E-state index in [0.29, 0.717) is 6.61 Å². The third kappa shape index (κ3) is 3.14. The van der Waals surface area contributed by atoms with Crippen LogP contribution in [0.15, 0.2) is 0 Å². The first kappa shape index (κ1) is 10.8. The van der Waals surface area contributed by atoms with Gasteiger partial charge >= 0.3 is 5.97 Å². The molecule has 0 bridgehead atoms. The predicted molar refractivity (Wildman–Crippen MR) is 46.6 cm³/mol. The van der Waals surface area contributed by atoms with Gasteiger partial charge in [-0.05, 0) is 6.92 Å². The normalized spacial score (nSPS) is 34.2. The summed E-state index contributed by atoms with van der Waals surface area (Å²) in [5.41, 5.74) is 0. The lowest BCUT2D eigenvalue weighted by Crippen LogP contribution is -2.47. The fourth-order valence-corrected chi connectivity index (χ4v) is 1.28. The van der Waals surface area contributed by atoms with Crippen molar-refractivity contribution >= 4 is 17.6 Å². The highest BCUT2D eigenvalue weighted by Gasteiger charge is 2.35. The molecular weight excluding hydrogens is 196 g/mol. The lowest BCUT2D eigenvalue weighted by molar-refractivity contribution is -0.290. The highest BCUT2D eigenvalue weighted by atomic mass is 35.5. The zero-order chi connectivity index (χ0) is 9.90. The molecule has 0 saturated carbocycles. The van der Waals surface area contributed by atoms with Gasteiger partial charge in [-0.25, -0.2) is 0 Å². The molecule has 1 fully saturated rings. The molecule has 2 atom stereocenters. The van der Waals surface area contributed by atoms with Gasteiger partial charge in [-0.3, -0.25) is 4.79 Å². The second-order valence-corrected chi connectivity index (χ2v) is 3.45. The number of esters is 1. The van der Waals surface area contributed by atoms with Crippen LogP contribution in [-0.4, -0.2) is 37.0 Å². The first-order valence-electron chi connectivity index (χ1n) is 4.09. The monoisotopic (exact) mass is 208 g/mol. The molecule has 1 heterocycles. The lowest BCUT2D eigenvalue weighted by atomic mass is 10.3. The number of rotatable bonds is 2. The molecule has 1 aliphatic heterocycles. The highest BCUT2D eigenvalue weighted by molar-refractivity contribution is 6.26. The SMILES string of the molecule is CC1COCC(C)(OC(=O)CCl)O1. The number of ether oxygens (including phenoxy) is 3. The molecule has 76 valence electrons. The standard InChI is InChI=1S/C8H13ClO4/c1-6-4-11-5-8(2,12-6)13-7(10)3-9/h6H,3-5H2,1-2H3. The zero-order valence-corrected chi connectivity index (χ0v) is 8.47. The fourth-order valence-electron chi connectivity index (χ4n) is 1.23. The molecule has 1 saturated heterocycles. The Kier molecular flexibility index (Phi) is 3.53. The fraction of sp³-hybridized carbons (Fsp3) is 0.875. The summed E-state index contributed by atoms with van der Waals surface area (Å²) in [6.45, 7) is 4.28. The zero-order valence-electron chi connectivity index (χ0n) is 7.71. The summed E-state index contributed by atoms with van der Waals surface area (Å²) >= 11 is 5.30. The van der Waals surface area contributed by atoms with Crippen molar-refractivity contribution in [3.63, 3.8) is 0 Å². The van der Waals surface area contributed by atoms with Crippen molar-refractivity contribution in [3.05, 3.63) is 0 Å². The van der Waals surface area contributed by atoms with E-state index in [0.717, 1.165) is 0 Å². The van der Waals surface area contributed by atoms with Crippen molar-refractivity contribution in [2.24, 2.45) is 0 Å². The summed E-state index contributed by atoms with van der Waals surface area (Å²) in [7, 11) is 0. The molecule has 2 unspecified atom stereocenters. The van der Waals surface area contributed by atoms with E-state index < -0.39 is 11.8 Å². The van der Waals surface area contributed by atoms with Crippen molar-refractivity contribution in [2.75, 3.05) is 19.1 Å². The van der Waals surface area contributed by atoms with E-state index in [2.05, 4.69) is 0 Å². The van der Waals surface area contributed by atoms with Crippen LogP contribution in [0.25, 0.3) is 0 Å². The van der Waals surface area contributed by atoms with Crippen LogP contribution in [0.5, 0.6) is 0 Å². The third-order valence-electron chi connectivity index (χ3n) is 1.61. The van der Waals surface area contributed by atoms with Crippen molar-refractivity contribution in [3.8, 4) is 0 Å². The molecule has 0 radical (unpaired) electrons. The molecule has 0 aromatic carbocycles. The van der Waals surface area contributed by atoms with Gasteiger partial charge in [0.25, 0.3) is 0 Å². The van der Waals surface area contributed by atoms with Crippen molar-refractivity contribution in [1.29, 1.82) is 0 Å². The number of hydrogen-bond acceptors (Lipinski definition) is 4. The largest absolute Gasteiger partial charge is 0.430 e. The summed E-state index contributed by atoms with van der Waals surface area (Å²) in [5.74, 6) is -1.65. The summed E-state index contributed by atoms with van der Waals surface area (Å²) < 4.78 is 15.6. The Morgan fingerprint density at radius 2 is 2.46 bits per heavy atom. The molecule has 5 heteroatoms. The van der Waals surface area contributed by atoms with Gasteiger partial charge < -0.3 is 14.2 Å².